The van der Waals surface area contributed by atoms with E-state index >= 15 is 0 Å². The minimum atomic E-state index is -1.96. The van der Waals surface area contributed by atoms with E-state index in [1.54, 1.807) is 0 Å². The van der Waals surface area contributed by atoms with Crippen LogP contribution >= 0.6 is 0 Å². The molecule has 0 bridgehead atoms. The molecule has 1 fully saturated rings. The average Bonchev–Trinajstić information content (AvgIpc) is 2.39. The van der Waals surface area contributed by atoms with Crippen LogP contribution in [0.1, 0.15) is 72.6 Å². The van der Waals surface area contributed by atoms with E-state index in [0.717, 1.165) is 25.0 Å². The Bertz CT molecular complexity index is 235. The van der Waals surface area contributed by atoms with Crippen molar-refractivity contribution in [3.8, 4) is 0 Å². The van der Waals surface area contributed by atoms with E-state index in [0.29, 0.717) is 0 Å². The highest BCUT2D eigenvalue weighted by molar-refractivity contribution is 6.67. The molecule has 0 amide bonds. The van der Waals surface area contributed by atoms with E-state index in [1.807, 2.05) is 0 Å². The molecule has 0 aliphatic heterocycles. The maximum absolute atomic E-state index is 6.31. The lowest BCUT2D eigenvalue weighted by Gasteiger charge is -2.38. The Labute approximate surface area is 127 Å². The van der Waals surface area contributed by atoms with Crippen molar-refractivity contribution in [3.05, 3.63) is 0 Å². The normalized spacial score (nSPS) is 18.0. The second-order valence-corrected chi connectivity index (χ2v) is 9.61. The van der Waals surface area contributed by atoms with Crippen LogP contribution in [0.25, 0.3) is 0 Å². The maximum Gasteiger partial charge on any atom is 0.338 e. The zero-order valence-electron chi connectivity index (χ0n) is 14.2. The Balaban J connectivity index is 2.65. The standard InChI is InChI=1S/C17H36O2Si/c1-5-9-11-16(6-2)14-20(18-7-3,19-8-4)15-17-12-10-13-17/h16-17H,5-15H2,1-4H3. The quantitative estimate of drug-likeness (QED) is 0.442. The summed E-state index contributed by atoms with van der Waals surface area (Å²) in [6.45, 7) is 10.5. The number of unbranched alkanes of at least 4 members (excludes halogenated alkanes) is 1. The van der Waals surface area contributed by atoms with Crippen LogP contribution in [0.2, 0.25) is 12.1 Å². The largest absolute Gasteiger partial charge is 0.394 e. The van der Waals surface area contributed by atoms with Crippen molar-refractivity contribution in [1.29, 1.82) is 0 Å². The van der Waals surface area contributed by atoms with E-state index in [-0.39, 0.29) is 0 Å². The molecule has 1 aliphatic carbocycles. The highest BCUT2D eigenvalue weighted by Gasteiger charge is 2.42. The van der Waals surface area contributed by atoms with Crippen LogP contribution in [0.4, 0.5) is 0 Å². The van der Waals surface area contributed by atoms with Crippen molar-refractivity contribution < 1.29 is 8.85 Å². The molecule has 1 atom stereocenters. The van der Waals surface area contributed by atoms with Crippen molar-refractivity contribution in [1.82, 2.24) is 0 Å². The van der Waals surface area contributed by atoms with Crippen molar-refractivity contribution in [3.63, 3.8) is 0 Å². The Kier molecular flexibility index (Phi) is 9.06. The highest BCUT2D eigenvalue weighted by atomic mass is 28.4. The Morgan fingerprint density at radius 1 is 1.05 bits per heavy atom. The van der Waals surface area contributed by atoms with Gasteiger partial charge in [-0.2, -0.15) is 0 Å². The summed E-state index contributed by atoms with van der Waals surface area (Å²) in [6.07, 6.45) is 9.51. The van der Waals surface area contributed by atoms with Crippen LogP contribution < -0.4 is 0 Å². The van der Waals surface area contributed by atoms with Gasteiger partial charge in [-0.1, -0.05) is 58.8 Å². The molecule has 0 heterocycles. The second-order valence-electron chi connectivity index (χ2n) is 6.40. The van der Waals surface area contributed by atoms with E-state index in [4.69, 9.17) is 8.85 Å². The van der Waals surface area contributed by atoms with Gasteiger partial charge in [0.1, 0.15) is 0 Å². The fraction of sp³-hybridized carbons (Fsp3) is 1.00. The summed E-state index contributed by atoms with van der Waals surface area (Å²) in [4.78, 5) is 0. The van der Waals surface area contributed by atoms with Gasteiger partial charge in [-0.15, -0.1) is 0 Å². The lowest BCUT2D eigenvalue weighted by molar-refractivity contribution is 0.161. The van der Waals surface area contributed by atoms with Gasteiger partial charge >= 0.3 is 8.56 Å². The van der Waals surface area contributed by atoms with Crippen LogP contribution in [-0.4, -0.2) is 21.8 Å². The van der Waals surface area contributed by atoms with E-state index < -0.39 is 8.56 Å². The molecule has 0 saturated heterocycles. The molecule has 1 aliphatic rings. The summed E-state index contributed by atoms with van der Waals surface area (Å²) >= 11 is 0. The van der Waals surface area contributed by atoms with Crippen molar-refractivity contribution in [2.45, 2.75) is 84.7 Å². The van der Waals surface area contributed by atoms with Gasteiger partial charge in [0.25, 0.3) is 0 Å². The SMILES string of the molecule is CCCCC(CC)C[Si](CC1CCC1)(OCC)OCC. The second kappa shape index (κ2) is 9.96. The first kappa shape index (κ1) is 18.2. The van der Waals surface area contributed by atoms with Crippen molar-refractivity contribution in [2.24, 2.45) is 11.8 Å². The minimum absolute atomic E-state index is 0.805. The Hall–Kier alpha value is 0.137. The summed E-state index contributed by atoms with van der Waals surface area (Å²) < 4.78 is 12.6. The smallest absolute Gasteiger partial charge is 0.338 e. The van der Waals surface area contributed by atoms with E-state index in [2.05, 4.69) is 27.7 Å². The number of hydrogen-bond donors (Lipinski definition) is 0. The first-order chi connectivity index (χ1) is 9.69. The molecule has 120 valence electrons. The van der Waals surface area contributed by atoms with Gasteiger partial charge in [0.05, 0.1) is 0 Å². The summed E-state index contributed by atoms with van der Waals surface area (Å²) in [7, 11) is -1.96. The van der Waals surface area contributed by atoms with Gasteiger partial charge in [-0.25, -0.2) is 0 Å². The summed E-state index contributed by atoms with van der Waals surface area (Å²) in [5, 5.41) is 0. The van der Waals surface area contributed by atoms with Crippen LogP contribution in [0, 0.1) is 11.8 Å². The molecular formula is C17H36O2Si. The van der Waals surface area contributed by atoms with Gasteiger partial charge in [0, 0.05) is 13.2 Å². The molecule has 0 aromatic carbocycles. The van der Waals surface area contributed by atoms with Crippen LogP contribution in [0.15, 0.2) is 0 Å². The topological polar surface area (TPSA) is 18.5 Å². The van der Waals surface area contributed by atoms with Crippen molar-refractivity contribution >= 4 is 8.56 Å². The third-order valence-electron chi connectivity index (χ3n) is 4.78. The highest BCUT2D eigenvalue weighted by Crippen LogP contribution is 2.38. The van der Waals surface area contributed by atoms with Crippen LogP contribution in [-0.2, 0) is 8.85 Å². The summed E-state index contributed by atoms with van der Waals surface area (Å²) in [6, 6.07) is 2.47. The Morgan fingerprint density at radius 2 is 1.70 bits per heavy atom. The molecule has 2 nitrogen and oxygen atoms in total. The molecule has 20 heavy (non-hydrogen) atoms. The third-order valence-corrected chi connectivity index (χ3v) is 8.81. The van der Waals surface area contributed by atoms with Gasteiger partial charge < -0.3 is 8.85 Å². The lowest BCUT2D eigenvalue weighted by Crippen LogP contribution is -2.46. The molecule has 1 rings (SSSR count). The lowest BCUT2D eigenvalue weighted by atomic mass is 9.87. The van der Waals surface area contributed by atoms with Gasteiger partial charge in [-0.3, -0.25) is 0 Å². The van der Waals surface area contributed by atoms with Crippen molar-refractivity contribution in [2.75, 3.05) is 13.2 Å². The first-order valence-electron chi connectivity index (χ1n) is 8.97. The molecule has 0 radical (unpaired) electrons. The molecule has 3 heteroatoms. The molecule has 1 unspecified atom stereocenters. The molecule has 0 spiro atoms. The monoisotopic (exact) mass is 300 g/mol. The molecule has 0 N–H and O–H groups in total. The molecular weight excluding hydrogens is 264 g/mol. The third kappa shape index (κ3) is 5.86. The zero-order valence-corrected chi connectivity index (χ0v) is 15.2. The maximum atomic E-state index is 6.31. The average molecular weight is 301 g/mol. The summed E-state index contributed by atoms with van der Waals surface area (Å²) in [5.41, 5.74) is 0. The Morgan fingerprint density at radius 3 is 2.10 bits per heavy atom. The van der Waals surface area contributed by atoms with Crippen LogP contribution in [0.3, 0.4) is 0 Å². The summed E-state index contributed by atoms with van der Waals surface area (Å²) in [5.74, 6) is 1.70. The zero-order chi connectivity index (χ0) is 14.8. The molecule has 0 aromatic rings. The fourth-order valence-corrected chi connectivity index (χ4v) is 7.84. The predicted octanol–water partition coefficient (Wildman–Crippen LogP) is 5.52. The molecule has 0 aromatic heterocycles. The van der Waals surface area contributed by atoms with Gasteiger partial charge in [0.15, 0.2) is 0 Å². The van der Waals surface area contributed by atoms with E-state index in [1.165, 1.54) is 57.0 Å². The predicted molar refractivity (Wildman–Crippen MR) is 89.3 cm³/mol. The van der Waals surface area contributed by atoms with Gasteiger partial charge in [0.2, 0.25) is 0 Å². The van der Waals surface area contributed by atoms with Crippen LogP contribution in [0.5, 0.6) is 0 Å². The van der Waals surface area contributed by atoms with E-state index in [9.17, 15) is 0 Å². The number of rotatable bonds is 12. The number of hydrogen-bond acceptors (Lipinski definition) is 2. The van der Waals surface area contributed by atoms with Gasteiger partial charge in [-0.05, 0) is 37.8 Å². The minimum Gasteiger partial charge on any atom is -0.394 e. The first-order valence-corrected chi connectivity index (χ1v) is 11.2. The molecule has 1 saturated carbocycles. The fourth-order valence-electron chi connectivity index (χ4n) is 3.41.